The maximum Gasteiger partial charge on any atom is 0.201 e. The Kier molecular flexibility index (Phi) is 3.61. The van der Waals surface area contributed by atoms with Crippen LogP contribution < -0.4 is 5.73 Å². The Morgan fingerprint density at radius 3 is 2.82 bits per heavy atom. The van der Waals surface area contributed by atoms with Crippen molar-refractivity contribution in [2.24, 2.45) is 0 Å². The zero-order chi connectivity index (χ0) is 12.3. The highest BCUT2D eigenvalue weighted by Crippen LogP contribution is 2.18. The van der Waals surface area contributed by atoms with Crippen molar-refractivity contribution in [3.8, 4) is 0 Å². The first-order valence-corrected chi connectivity index (χ1v) is 5.48. The van der Waals surface area contributed by atoms with Gasteiger partial charge in [0.1, 0.15) is 0 Å². The summed E-state index contributed by atoms with van der Waals surface area (Å²) in [6.07, 6.45) is -0.0279. The molecule has 1 heterocycles. The number of rotatable bonds is 5. The molecule has 1 aromatic heterocycles. The second-order valence-corrected chi connectivity index (χ2v) is 3.88. The van der Waals surface area contributed by atoms with Gasteiger partial charge in [-0.05, 0) is 12.1 Å². The predicted molar refractivity (Wildman–Crippen MR) is 66.8 cm³/mol. The average Bonchev–Trinajstić information content (AvgIpc) is 2.65. The Bertz CT molecular complexity index is 495. The molecule has 2 aromatic rings. The van der Waals surface area contributed by atoms with E-state index in [1.807, 2.05) is 28.8 Å². The first kappa shape index (κ1) is 11.9. The molecule has 0 aliphatic heterocycles. The molecule has 92 valence electrons. The molecule has 0 amide bonds. The van der Waals surface area contributed by atoms with Crippen molar-refractivity contribution in [1.82, 2.24) is 9.55 Å². The van der Waals surface area contributed by atoms with Gasteiger partial charge in [-0.2, -0.15) is 0 Å². The van der Waals surface area contributed by atoms with E-state index >= 15 is 0 Å². The van der Waals surface area contributed by atoms with Crippen molar-refractivity contribution in [3.63, 3.8) is 0 Å². The normalized spacial score (nSPS) is 13.1. The van der Waals surface area contributed by atoms with Gasteiger partial charge in [-0.3, -0.25) is 0 Å². The Hall–Kier alpha value is -1.59. The number of nitrogen functional groups attached to an aromatic ring is 1. The minimum Gasteiger partial charge on any atom is -0.382 e. The van der Waals surface area contributed by atoms with Gasteiger partial charge in [0.15, 0.2) is 0 Å². The first-order chi connectivity index (χ1) is 8.26. The summed E-state index contributed by atoms with van der Waals surface area (Å²) in [5.41, 5.74) is 7.83. The van der Waals surface area contributed by atoms with E-state index in [9.17, 15) is 0 Å². The third kappa shape index (κ3) is 2.40. The minimum absolute atomic E-state index is 0.0279. The SMILES string of the molecule is COCC(Cn1c(N)nc2ccccc21)OC. The zero-order valence-electron chi connectivity index (χ0n) is 10.1. The maximum absolute atomic E-state index is 5.91. The van der Waals surface area contributed by atoms with Crippen molar-refractivity contribution in [2.75, 3.05) is 26.6 Å². The van der Waals surface area contributed by atoms with Gasteiger partial charge < -0.3 is 19.8 Å². The molecule has 0 saturated heterocycles. The summed E-state index contributed by atoms with van der Waals surface area (Å²) in [5.74, 6) is 0.504. The van der Waals surface area contributed by atoms with Crippen LogP contribution in [0.5, 0.6) is 0 Å². The van der Waals surface area contributed by atoms with Crippen LogP contribution in [-0.2, 0) is 16.0 Å². The minimum atomic E-state index is -0.0279. The third-order valence-corrected chi connectivity index (χ3v) is 2.76. The standard InChI is InChI=1S/C12H17N3O2/c1-16-8-9(17-2)7-15-11-6-4-3-5-10(11)14-12(15)13/h3-6,9H,7-8H2,1-2H3,(H2,13,14). The van der Waals surface area contributed by atoms with E-state index in [1.165, 1.54) is 0 Å². The number of hydrogen-bond acceptors (Lipinski definition) is 4. The van der Waals surface area contributed by atoms with E-state index in [-0.39, 0.29) is 6.10 Å². The highest BCUT2D eigenvalue weighted by Gasteiger charge is 2.13. The van der Waals surface area contributed by atoms with Gasteiger partial charge >= 0.3 is 0 Å². The van der Waals surface area contributed by atoms with Crippen LogP contribution in [-0.4, -0.2) is 36.5 Å². The molecule has 0 saturated carbocycles. The van der Waals surface area contributed by atoms with E-state index in [4.69, 9.17) is 15.2 Å². The van der Waals surface area contributed by atoms with Crippen LogP contribution in [0.15, 0.2) is 24.3 Å². The molecule has 2 N–H and O–H groups in total. The molecule has 0 bridgehead atoms. The molecule has 0 radical (unpaired) electrons. The second-order valence-electron chi connectivity index (χ2n) is 3.88. The second kappa shape index (κ2) is 5.16. The molecule has 1 unspecified atom stereocenters. The Balaban J connectivity index is 2.31. The number of para-hydroxylation sites is 2. The van der Waals surface area contributed by atoms with Crippen LogP contribution in [0.1, 0.15) is 0 Å². The molecule has 5 nitrogen and oxygen atoms in total. The molecule has 0 fully saturated rings. The fourth-order valence-corrected chi connectivity index (χ4v) is 1.87. The molecule has 1 atom stereocenters. The lowest BCUT2D eigenvalue weighted by molar-refractivity contribution is 0.0193. The van der Waals surface area contributed by atoms with Crippen molar-refractivity contribution in [1.29, 1.82) is 0 Å². The summed E-state index contributed by atoms with van der Waals surface area (Å²) < 4.78 is 12.4. The number of anilines is 1. The molecule has 2 rings (SSSR count). The van der Waals surface area contributed by atoms with Crippen LogP contribution in [0.4, 0.5) is 5.95 Å². The number of benzene rings is 1. The largest absolute Gasteiger partial charge is 0.382 e. The Labute approximate surface area is 100 Å². The molecule has 1 aromatic carbocycles. The van der Waals surface area contributed by atoms with Gasteiger partial charge in [0.2, 0.25) is 5.95 Å². The molecule has 5 heteroatoms. The van der Waals surface area contributed by atoms with Gasteiger partial charge in [0.25, 0.3) is 0 Å². The highest BCUT2D eigenvalue weighted by molar-refractivity contribution is 5.78. The summed E-state index contributed by atoms with van der Waals surface area (Å²) >= 11 is 0. The topological polar surface area (TPSA) is 62.3 Å². The van der Waals surface area contributed by atoms with E-state index < -0.39 is 0 Å². The van der Waals surface area contributed by atoms with Gasteiger partial charge in [-0.1, -0.05) is 12.1 Å². The number of methoxy groups -OCH3 is 2. The number of ether oxygens (including phenoxy) is 2. The number of fused-ring (bicyclic) bond motifs is 1. The molecule has 0 aliphatic rings. The predicted octanol–water partition coefficient (Wildman–Crippen LogP) is 1.28. The number of nitrogens with two attached hydrogens (primary N) is 1. The maximum atomic E-state index is 5.91. The summed E-state index contributed by atoms with van der Waals surface area (Å²) in [5, 5.41) is 0. The quantitative estimate of drug-likeness (QED) is 0.848. The number of nitrogens with zero attached hydrogens (tertiary/aromatic N) is 2. The lowest BCUT2D eigenvalue weighted by Gasteiger charge is -2.16. The highest BCUT2D eigenvalue weighted by atomic mass is 16.5. The first-order valence-electron chi connectivity index (χ1n) is 5.48. The van der Waals surface area contributed by atoms with Crippen LogP contribution >= 0.6 is 0 Å². The third-order valence-electron chi connectivity index (χ3n) is 2.76. The molecule has 0 aliphatic carbocycles. The van der Waals surface area contributed by atoms with Crippen LogP contribution in [0.25, 0.3) is 11.0 Å². The summed E-state index contributed by atoms with van der Waals surface area (Å²) in [6.45, 7) is 1.17. The Morgan fingerprint density at radius 1 is 1.35 bits per heavy atom. The van der Waals surface area contributed by atoms with E-state index in [0.717, 1.165) is 11.0 Å². The van der Waals surface area contributed by atoms with Crippen molar-refractivity contribution < 1.29 is 9.47 Å². The number of imidazole rings is 1. The molecule has 17 heavy (non-hydrogen) atoms. The number of hydrogen-bond donors (Lipinski definition) is 1. The fourth-order valence-electron chi connectivity index (χ4n) is 1.87. The van der Waals surface area contributed by atoms with Crippen LogP contribution in [0.2, 0.25) is 0 Å². The molecular weight excluding hydrogens is 218 g/mol. The molecular formula is C12H17N3O2. The van der Waals surface area contributed by atoms with E-state index in [0.29, 0.717) is 19.1 Å². The van der Waals surface area contributed by atoms with E-state index in [1.54, 1.807) is 14.2 Å². The lowest BCUT2D eigenvalue weighted by Crippen LogP contribution is -2.24. The monoisotopic (exact) mass is 235 g/mol. The van der Waals surface area contributed by atoms with Gasteiger partial charge in [-0.15, -0.1) is 0 Å². The number of aromatic nitrogens is 2. The van der Waals surface area contributed by atoms with Crippen molar-refractivity contribution in [2.45, 2.75) is 12.6 Å². The summed E-state index contributed by atoms with van der Waals surface area (Å²) in [7, 11) is 3.32. The fraction of sp³-hybridized carbons (Fsp3) is 0.417. The lowest BCUT2D eigenvalue weighted by atomic mass is 10.3. The molecule has 0 spiro atoms. The summed E-state index contributed by atoms with van der Waals surface area (Å²) in [4.78, 5) is 4.30. The van der Waals surface area contributed by atoms with Crippen LogP contribution in [0.3, 0.4) is 0 Å². The van der Waals surface area contributed by atoms with Gasteiger partial charge in [0, 0.05) is 14.2 Å². The average molecular weight is 235 g/mol. The van der Waals surface area contributed by atoms with Gasteiger partial charge in [0.05, 0.1) is 30.3 Å². The zero-order valence-corrected chi connectivity index (χ0v) is 10.1. The van der Waals surface area contributed by atoms with Crippen LogP contribution in [0, 0.1) is 0 Å². The smallest absolute Gasteiger partial charge is 0.201 e. The Morgan fingerprint density at radius 2 is 2.12 bits per heavy atom. The van der Waals surface area contributed by atoms with Crippen molar-refractivity contribution >= 4 is 17.0 Å². The van der Waals surface area contributed by atoms with Crippen molar-refractivity contribution in [3.05, 3.63) is 24.3 Å². The summed E-state index contributed by atoms with van der Waals surface area (Å²) in [6, 6.07) is 7.86. The van der Waals surface area contributed by atoms with E-state index in [2.05, 4.69) is 4.98 Å². The van der Waals surface area contributed by atoms with Gasteiger partial charge in [-0.25, -0.2) is 4.98 Å².